The standard InChI is InChI=1S/C19H23N7O2.ClH/c1-11-16(12(2)26-19(21-11)24-17(10-20)25-26)7-8-18(28)23-15-6-4-5-14(9-15)22-13(3)27;/h4-6,9H,7-8,10,20H2,1-3H3,(H,22,27)(H,23,28);1H. The molecule has 0 saturated heterocycles. The summed E-state index contributed by atoms with van der Waals surface area (Å²) in [4.78, 5) is 32.3. The summed E-state index contributed by atoms with van der Waals surface area (Å²) in [7, 11) is 0. The van der Waals surface area contributed by atoms with Gasteiger partial charge in [-0.25, -0.2) is 9.50 Å². The van der Waals surface area contributed by atoms with Gasteiger partial charge in [-0.3, -0.25) is 9.59 Å². The molecule has 0 aliphatic rings. The minimum atomic E-state index is -0.164. The van der Waals surface area contributed by atoms with Gasteiger partial charge in [-0.05, 0) is 44.0 Å². The van der Waals surface area contributed by atoms with Gasteiger partial charge in [0.1, 0.15) is 0 Å². The topological polar surface area (TPSA) is 127 Å². The maximum atomic E-state index is 12.4. The van der Waals surface area contributed by atoms with Crippen LogP contribution in [0.3, 0.4) is 0 Å². The van der Waals surface area contributed by atoms with Crippen molar-refractivity contribution in [3.05, 3.63) is 47.0 Å². The molecule has 0 aliphatic carbocycles. The van der Waals surface area contributed by atoms with Crippen LogP contribution in [0.4, 0.5) is 11.4 Å². The van der Waals surface area contributed by atoms with Gasteiger partial charge >= 0.3 is 0 Å². The highest BCUT2D eigenvalue weighted by molar-refractivity contribution is 5.93. The molecule has 2 aromatic heterocycles. The number of benzene rings is 1. The fourth-order valence-corrected chi connectivity index (χ4v) is 3.04. The lowest BCUT2D eigenvalue weighted by molar-refractivity contribution is -0.116. The first kappa shape index (κ1) is 22.3. The number of nitrogens with zero attached hydrogens (tertiary/aromatic N) is 4. The number of anilines is 2. The van der Waals surface area contributed by atoms with Crippen molar-refractivity contribution in [2.75, 3.05) is 10.6 Å². The molecule has 3 rings (SSSR count). The summed E-state index contributed by atoms with van der Waals surface area (Å²) in [6.45, 7) is 5.51. The molecule has 0 spiro atoms. The molecule has 0 atom stereocenters. The van der Waals surface area contributed by atoms with E-state index in [2.05, 4.69) is 25.7 Å². The highest BCUT2D eigenvalue weighted by Gasteiger charge is 2.14. The van der Waals surface area contributed by atoms with E-state index in [1.165, 1.54) is 6.92 Å². The zero-order valence-corrected chi connectivity index (χ0v) is 17.3. The summed E-state index contributed by atoms with van der Waals surface area (Å²) < 4.78 is 1.67. The Morgan fingerprint density at radius 1 is 1.14 bits per heavy atom. The van der Waals surface area contributed by atoms with Gasteiger partial charge in [-0.1, -0.05) is 6.07 Å². The van der Waals surface area contributed by atoms with Crippen LogP contribution in [0.2, 0.25) is 0 Å². The van der Waals surface area contributed by atoms with Gasteiger partial charge in [0.25, 0.3) is 5.78 Å². The lowest BCUT2D eigenvalue weighted by Gasteiger charge is -2.11. The van der Waals surface area contributed by atoms with E-state index < -0.39 is 0 Å². The monoisotopic (exact) mass is 417 g/mol. The van der Waals surface area contributed by atoms with E-state index in [-0.39, 0.29) is 37.2 Å². The Hall–Kier alpha value is -3.04. The molecule has 4 N–H and O–H groups in total. The normalized spacial score (nSPS) is 10.5. The smallest absolute Gasteiger partial charge is 0.252 e. The molecule has 9 nitrogen and oxygen atoms in total. The van der Waals surface area contributed by atoms with Gasteiger partial charge in [0, 0.05) is 36.1 Å². The number of hydrogen-bond acceptors (Lipinski definition) is 6. The molecule has 10 heteroatoms. The molecule has 0 radical (unpaired) electrons. The number of halogens is 1. The predicted molar refractivity (Wildman–Crippen MR) is 113 cm³/mol. The fraction of sp³-hybridized carbons (Fsp3) is 0.316. The number of rotatable bonds is 6. The lowest BCUT2D eigenvalue weighted by Crippen LogP contribution is -2.14. The first-order valence-corrected chi connectivity index (χ1v) is 8.96. The minimum absolute atomic E-state index is 0. The van der Waals surface area contributed by atoms with Crippen LogP contribution in [-0.2, 0) is 22.6 Å². The van der Waals surface area contributed by atoms with Gasteiger partial charge in [0.15, 0.2) is 5.82 Å². The SMILES string of the molecule is CC(=O)Nc1cccc(NC(=O)CCc2c(C)nc3nc(CN)nn3c2C)c1.Cl. The average molecular weight is 418 g/mol. The zero-order chi connectivity index (χ0) is 20.3. The summed E-state index contributed by atoms with van der Waals surface area (Å²) in [5.74, 6) is 0.755. The van der Waals surface area contributed by atoms with Crippen molar-refractivity contribution in [3.8, 4) is 0 Å². The Balaban J connectivity index is 0.00000300. The van der Waals surface area contributed by atoms with Gasteiger partial charge in [0.2, 0.25) is 11.8 Å². The number of aromatic nitrogens is 4. The molecule has 29 heavy (non-hydrogen) atoms. The van der Waals surface area contributed by atoms with E-state index >= 15 is 0 Å². The summed E-state index contributed by atoms with van der Waals surface area (Å²) in [5, 5.41) is 9.89. The summed E-state index contributed by atoms with van der Waals surface area (Å²) in [5.41, 5.74) is 9.55. The van der Waals surface area contributed by atoms with Gasteiger partial charge in [0.05, 0.1) is 6.54 Å². The second-order valence-corrected chi connectivity index (χ2v) is 6.52. The molecule has 0 aliphatic heterocycles. The summed E-state index contributed by atoms with van der Waals surface area (Å²) in [6.07, 6.45) is 0.813. The summed E-state index contributed by atoms with van der Waals surface area (Å²) in [6, 6.07) is 7.02. The zero-order valence-electron chi connectivity index (χ0n) is 16.5. The number of nitrogens with two attached hydrogens (primary N) is 1. The number of nitrogens with one attached hydrogen (secondary N) is 2. The largest absolute Gasteiger partial charge is 0.326 e. The quantitative estimate of drug-likeness (QED) is 0.563. The van der Waals surface area contributed by atoms with Gasteiger partial charge < -0.3 is 16.4 Å². The Kier molecular flexibility index (Phi) is 7.24. The van der Waals surface area contributed by atoms with Crippen LogP contribution >= 0.6 is 12.4 Å². The van der Waals surface area contributed by atoms with Crippen molar-refractivity contribution >= 4 is 41.4 Å². The first-order chi connectivity index (χ1) is 13.4. The number of carbonyl (C=O) groups excluding carboxylic acids is 2. The Morgan fingerprint density at radius 2 is 1.83 bits per heavy atom. The van der Waals surface area contributed by atoms with E-state index in [1.54, 1.807) is 28.8 Å². The third-order valence-corrected chi connectivity index (χ3v) is 4.34. The molecule has 3 aromatic rings. The number of amides is 2. The molecule has 0 fully saturated rings. The van der Waals surface area contributed by atoms with E-state index in [0.29, 0.717) is 29.4 Å². The molecule has 2 heterocycles. The predicted octanol–water partition coefficient (Wildman–Crippen LogP) is 2.15. The molecule has 0 unspecified atom stereocenters. The summed E-state index contributed by atoms with van der Waals surface area (Å²) >= 11 is 0. The highest BCUT2D eigenvalue weighted by atomic mass is 35.5. The van der Waals surface area contributed by atoms with Crippen molar-refractivity contribution in [2.24, 2.45) is 5.73 Å². The van der Waals surface area contributed by atoms with E-state index in [9.17, 15) is 9.59 Å². The average Bonchev–Trinajstić information content (AvgIpc) is 3.04. The molecule has 2 amide bonds. The second kappa shape index (κ2) is 9.44. The van der Waals surface area contributed by atoms with Crippen LogP contribution in [0.5, 0.6) is 0 Å². The van der Waals surface area contributed by atoms with Crippen molar-refractivity contribution in [2.45, 2.75) is 40.2 Å². The van der Waals surface area contributed by atoms with Crippen molar-refractivity contribution in [3.63, 3.8) is 0 Å². The molecule has 154 valence electrons. The third-order valence-electron chi connectivity index (χ3n) is 4.34. The van der Waals surface area contributed by atoms with E-state index in [4.69, 9.17) is 5.73 Å². The van der Waals surface area contributed by atoms with Gasteiger partial charge in [-0.15, -0.1) is 17.5 Å². The number of fused-ring (bicyclic) bond motifs is 1. The van der Waals surface area contributed by atoms with E-state index in [1.807, 2.05) is 13.8 Å². The number of hydrogen-bond donors (Lipinski definition) is 3. The van der Waals surface area contributed by atoms with Crippen LogP contribution < -0.4 is 16.4 Å². The first-order valence-electron chi connectivity index (χ1n) is 8.96. The maximum absolute atomic E-state index is 12.4. The van der Waals surface area contributed by atoms with Gasteiger partial charge in [-0.2, -0.15) is 4.98 Å². The maximum Gasteiger partial charge on any atom is 0.252 e. The van der Waals surface area contributed by atoms with Crippen molar-refractivity contribution in [1.82, 2.24) is 19.6 Å². The van der Waals surface area contributed by atoms with Crippen LogP contribution in [0, 0.1) is 13.8 Å². The molecule has 0 bridgehead atoms. The second-order valence-electron chi connectivity index (χ2n) is 6.52. The van der Waals surface area contributed by atoms with Crippen LogP contribution in [0.1, 0.15) is 36.1 Å². The van der Waals surface area contributed by atoms with E-state index in [0.717, 1.165) is 17.0 Å². The Labute approximate surface area is 174 Å². The lowest BCUT2D eigenvalue weighted by atomic mass is 10.1. The Bertz CT molecular complexity index is 1050. The van der Waals surface area contributed by atoms with Crippen LogP contribution in [0.25, 0.3) is 5.78 Å². The molecule has 1 aromatic carbocycles. The van der Waals surface area contributed by atoms with Crippen molar-refractivity contribution in [1.29, 1.82) is 0 Å². The van der Waals surface area contributed by atoms with Crippen molar-refractivity contribution < 1.29 is 9.59 Å². The molecule has 0 saturated carbocycles. The number of carbonyl (C=O) groups is 2. The molecular weight excluding hydrogens is 394 g/mol. The Morgan fingerprint density at radius 3 is 2.48 bits per heavy atom. The molecular formula is C19H24ClN7O2. The fourth-order valence-electron chi connectivity index (χ4n) is 3.04. The van der Waals surface area contributed by atoms with Crippen LogP contribution in [-0.4, -0.2) is 31.4 Å². The van der Waals surface area contributed by atoms with Crippen LogP contribution in [0.15, 0.2) is 24.3 Å². The minimum Gasteiger partial charge on any atom is -0.326 e. The third kappa shape index (κ3) is 5.27. The highest BCUT2D eigenvalue weighted by Crippen LogP contribution is 2.18. The number of aryl methyl sites for hydroxylation is 2.